The number of allylic oxidation sites excluding steroid dienone is 3. The van der Waals surface area contributed by atoms with Gasteiger partial charge in [0, 0.05) is 0 Å². The van der Waals surface area contributed by atoms with Gasteiger partial charge in [0.1, 0.15) is 5.60 Å². The number of alkyl carbamates (subject to hydrolysis) is 1. The number of carbonyl (C=O) groups excluding carboxylic acids is 2. The van der Waals surface area contributed by atoms with Gasteiger partial charge in [0.05, 0.1) is 7.11 Å². The lowest BCUT2D eigenvalue weighted by Crippen LogP contribution is -2.44. The standard InChI is InChI=1S/C15H23NO4.2C2H6/c1-7-9-11(10-8-2)12(13(17)19-6)16-14(18)20-15(3,4)5;2*1-2/h7-10,12H,1H2,2-6H3,(H,16,18);2*1-2H3/b10-8-,11-9+;;. The second-order valence-electron chi connectivity index (χ2n) is 5.00. The fourth-order valence-electron chi connectivity index (χ4n) is 1.40. The Balaban J connectivity index is -0.00000102. The molecule has 0 rings (SSSR count). The average Bonchev–Trinajstić information content (AvgIpc) is 2.54. The highest BCUT2D eigenvalue weighted by atomic mass is 16.6. The maximum absolute atomic E-state index is 11.8. The first-order valence-corrected chi connectivity index (χ1v) is 8.27. The van der Waals surface area contributed by atoms with Crippen LogP contribution in [-0.2, 0) is 14.3 Å². The molecule has 1 unspecified atom stereocenters. The van der Waals surface area contributed by atoms with Crippen LogP contribution in [0.25, 0.3) is 0 Å². The number of esters is 1. The number of carbonyl (C=O) groups is 2. The van der Waals surface area contributed by atoms with Crippen LogP contribution in [0.5, 0.6) is 0 Å². The number of nitrogens with one attached hydrogen (secondary N) is 1. The number of amides is 1. The summed E-state index contributed by atoms with van der Waals surface area (Å²) in [4.78, 5) is 23.6. The van der Waals surface area contributed by atoms with Crippen molar-refractivity contribution in [3.05, 3.63) is 36.5 Å². The van der Waals surface area contributed by atoms with Crippen LogP contribution < -0.4 is 5.32 Å². The van der Waals surface area contributed by atoms with Crippen LogP contribution in [-0.4, -0.2) is 30.8 Å². The molecule has 0 saturated carbocycles. The Morgan fingerprint density at radius 3 is 1.96 bits per heavy atom. The van der Waals surface area contributed by atoms with Crippen molar-refractivity contribution in [2.24, 2.45) is 0 Å². The van der Waals surface area contributed by atoms with E-state index in [0.29, 0.717) is 5.57 Å². The van der Waals surface area contributed by atoms with E-state index in [1.54, 1.807) is 45.9 Å². The zero-order valence-corrected chi connectivity index (χ0v) is 16.7. The molecule has 0 aromatic rings. The van der Waals surface area contributed by atoms with Crippen molar-refractivity contribution in [1.82, 2.24) is 5.32 Å². The third-order valence-electron chi connectivity index (χ3n) is 2.10. The summed E-state index contributed by atoms with van der Waals surface area (Å²) in [6.07, 6.45) is 5.91. The molecular weight excluding hydrogens is 306 g/mol. The van der Waals surface area contributed by atoms with E-state index in [9.17, 15) is 9.59 Å². The smallest absolute Gasteiger partial charge is 0.408 e. The van der Waals surface area contributed by atoms with Crippen LogP contribution in [0.1, 0.15) is 55.4 Å². The van der Waals surface area contributed by atoms with E-state index >= 15 is 0 Å². The Hall–Kier alpha value is -2.04. The van der Waals surface area contributed by atoms with Crippen molar-refractivity contribution in [2.75, 3.05) is 7.11 Å². The molecule has 24 heavy (non-hydrogen) atoms. The van der Waals surface area contributed by atoms with E-state index in [0.717, 1.165) is 0 Å². The molecule has 0 aliphatic carbocycles. The SMILES string of the molecule is C=C/C=C(\C=C/C)C(NC(=O)OC(C)(C)C)C(=O)OC.CC.CC. The molecule has 0 fully saturated rings. The minimum absolute atomic E-state index is 0.556. The molecule has 0 aliphatic rings. The van der Waals surface area contributed by atoms with Gasteiger partial charge in [-0.2, -0.15) is 0 Å². The second-order valence-corrected chi connectivity index (χ2v) is 5.00. The molecule has 0 aromatic carbocycles. The number of rotatable bonds is 5. The minimum atomic E-state index is -0.941. The normalized spacial score (nSPS) is 12.0. The van der Waals surface area contributed by atoms with Crippen molar-refractivity contribution >= 4 is 12.1 Å². The lowest BCUT2D eigenvalue weighted by molar-refractivity contribution is -0.142. The molecule has 5 nitrogen and oxygen atoms in total. The van der Waals surface area contributed by atoms with Crippen molar-refractivity contribution in [1.29, 1.82) is 0 Å². The van der Waals surface area contributed by atoms with Crippen LogP contribution in [0.2, 0.25) is 0 Å². The Morgan fingerprint density at radius 2 is 1.62 bits per heavy atom. The summed E-state index contributed by atoms with van der Waals surface area (Å²) >= 11 is 0. The van der Waals surface area contributed by atoms with Crippen LogP contribution in [0.15, 0.2) is 36.5 Å². The van der Waals surface area contributed by atoms with Crippen LogP contribution in [0.3, 0.4) is 0 Å². The van der Waals surface area contributed by atoms with Crippen LogP contribution in [0.4, 0.5) is 4.79 Å². The average molecular weight is 341 g/mol. The Labute approximate surface area is 147 Å². The summed E-state index contributed by atoms with van der Waals surface area (Å²) in [5, 5.41) is 2.49. The number of hydrogen-bond donors (Lipinski definition) is 1. The Bertz CT molecular complexity index is 418. The third kappa shape index (κ3) is 13.6. The first kappa shape index (κ1) is 26.8. The predicted molar refractivity (Wildman–Crippen MR) is 101 cm³/mol. The molecular formula is C19H35NO4. The summed E-state index contributed by atoms with van der Waals surface area (Å²) < 4.78 is 9.83. The summed E-state index contributed by atoms with van der Waals surface area (Å²) in [5.41, 5.74) is -0.0894. The first-order chi connectivity index (χ1) is 11.2. The maximum atomic E-state index is 11.8. The highest BCUT2D eigenvalue weighted by Gasteiger charge is 2.26. The minimum Gasteiger partial charge on any atom is -0.467 e. The molecule has 1 amide bonds. The molecule has 1 N–H and O–H groups in total. The second kappa shape index (κ2) is 15.8. The maximum Gasteiger partial charge on any atom is 0.408 e. The van der Waals surface area contributed by atoms with Gasteiger partial charge in [-0.25, -0.2) is 9.59 Å². The van der Waals surface area contributed by atoms with Crippen molar-refractivity contribution in [2.45, 2.75) is 67.0 Å². The molecule has 0 radical (unpaired) electrons. The lowest BCUT2D eigenvalue weighted by Gasteiger charge is -2.23. The van der Waals surface area contributed by atoms with Crippen molar-refractivity contribution < 1.29 is 19.1 Å². The van der Waals surface area contributed by atoms with Gasteiger partial charge in [-0.15, -0.1) is 0 Å². The van der Waals surface area contributed by atoms with E-state index in [2.05, 4.69) is 11.9 Å². The summed E-state index contributed by atoms with van der Waals surface area (Å²) in [7, 11) is 1.26. The van der Waals surface area contributed by atoms with E-state index in [-0.39, 0.29) is 0 Å². The zero-order valence-electron chi connectivity index (χ0n) is 16.7. The molecule has 0 aliphatic heterocycles. The largest absolute Gasteiger partial charge is 0.467 e. The molecule has 5 heteroatoms. The van der Waals surface area contributed by atoms with Gasteiger partial charge in [-0.1, -0.05) is 58.6 Å². The molecule has 0 spiro atoms. The molecule has 0 aromatic heterocycles. The van der Waals surface area contributed by atoms with E-state index in [4.69, 9.17) is 9.47 Å². The molecule has 140 valence electrons. The van der Waals surface area contributed by atoms with Gasteiger partial charge in [-0.3, -0.25) is 0 Å². The van der Waals surface area contributed by atoms with Gasteiger partial charge in [-0.05, 0) is 33.3 Å². The quantitative estimate of drug-likeness (QED) is 0.576. The van der Waals surface area contributed by atoms with E-state index < -0.39 is 23.7 Å². The zero-order chi connectivity index (χ0) is 19.8. The Morgan fingerprint density at radius 1 is 1.12 bits per heavy atom. The Kier molecular flexibility index (Phi) is 17.7. The van der Waals surface area contributed by atoms with Gasteiger partial charge < -0.3 is 14.8 Å². The summed E-state index contributed by atoms with van der Waals surface area (Å²) in [6.45, 7) is 18.6. The fraction of sp³-hybridized carbons (Fsp3) is 0.579. The fourth-order valence-corrected chi connectivity index (χ4v) is 1.40. The summed E-state index contributed by atoms with van der Waals surface area (Å²) in [6, 6.07) is -0.941. The highest BCUT2D eigenvalue weighted by Crippen LogP contribution is 2.11. The van der Waals surface area contributed by atoms with Crippen molar-refractivity contribution in [3.63, 3.8) is 0 Å². The monoisotopic (exact) mass is 341 g/mol. The molecule has 1 atom stereocenters. The predicted octanol–water partition coefficient (Wildman–Crippen LogP) is 4.79. The number of ether oxygens (including phenoxy) is 2. The summed E-state index contributed by atoms with van der Waals surface area (Å²) in [5.74, 6) is -0.581. The van der Waals surface area contributed by atoms with Crippen LogP contribution >= 0.6 is 0 Å². The molecule has 0 heterocycles. The molecule has 0 saturated heterocycles. The van der Waals surface area contributed by atoms with Crippen molar-refractivity contribution in [3.8, 4) is 0 Å². The van der Waals surface area contributed by atoms with Gasteiger partial charge >= 0.3 is 12.1 Å². The van der Waals surface area contributed by atoms with Gasteiger partial charge in [0.25, 0.3) is 0 Å². The number of methoxy groups -OCH3 is 1. The van der Waals surface area contributed by atoms with E-state index in [1.807, 2.05) is 27.7 Å². The number of hydrogen-bond acceptors (Lipinski definition) is 4. The topological polar surface area (TPSA) is 64.6 Å². The highest BCUT2D eigenvalue weighted by molar-refractivity contribution is 5.85. The third-order valence-corrected chi connectivity index (χ3v) is 2.10. The van der Waals surface area contributed by atoms with E-state index in [1.165, 1.54) is 13.2 Å². The van der Waals surface area contributed by atoms with Gasteiger partial charge in [0.15, 0.2) is 6.04 Å². The first-order valence-electron chi connectivity index (χ1n) is 8.27. The van der Waals surface area contributed by atoms with Gasteiger partial charge in [0.2, 0.25) is 0 Å². The van der Waals surface area contributed by atoms with Crippen LogP contribution in [0, 0.1) is 0 Å². The molecule has 0 bridgehead atoms. The lowest BCUT2D eigenvalue weighted by atomic mass is 10.1.